The number of thiazole rings is 1. The van der Waals surface area contributed by atoms with Gasteiger partial charge in [0.1, 0.15) is 5.82 Å². The molecular weight excluding hydrogens is 348 g/mol. The van der Waals surface area contributed by atoms with Crippen LogP contribution in [0.4, 0.5) is 23.2 Å². The fraction of sp³-hybridized carbons (Fsp3) is 0.333. The molecule has 0 atom stereocenters. The highest BCUT2D eigenvalue weighted by Crippen LogP contribution is 2.35. The van der Waals surface area contributed by atoms with Crippen molar-refractivity contribution in [2.45, 2.75) is 26.1 Å². The lowest BCUT2D eigenvalue weighted by molar-refractivity contribution is -0.137. The van der Waals surface area contributed by atoms with Crippen LogP contribution in [0.2, 0.25) is 0 Å². The minimum atomic E-state index is -4.55. The lowest BCUT2D eigenvalue weighted by atomic mass is 10.2. The SMILES string of the molecule is CC(C)N(C(=O)COc1cnc(C(F)(F)F)s1)c1ccc(F)cc1. The van der Waals surface area contributed by atoms with E-state index >= 15 is 0 Å². The Bertz CT molecular complexity index is 698. The molecule has 0 aliphatic carbocycles. The lowest BCUT2D eigenvalue weighted by Gasteiger charge is -2.26. The minimum Gasteiger partial charge on any atom is -0.473 e. The van der Waals surface area contributed by atoms with Gasteiger partial charge in [0.05, 0.1) is 6.20 Å². The van der Waals surface area contributed by atoms with Gasteiger partial charge in [-0.2, -0.15) is 13.2 Å². The molecule has 1 heterocycles. The van der Waals surface area contributed by atoms with Gasteiger partial charge in [-0.05, 0) is 38.1 Å². The van der Waals surface area contributed by atoms with E-state index in [0.717, 1.165) is 6.20 Å². The van der Waals surface area contributed by atoms with Gasteiger partial charge in [0.2, 0.25) is 5.01 Å². The molecule has 0 N–H and O–H groups in total. The molecule has 2 aromatic rings. The van der Waals surface area contributed by atoms with E-state index in [2.05, 4.69) is 4.98 Å². The fourth-order valence-electron chi connectivity index (χ4n) is 1.99. The van der Waals surface area contributed by atoms with Crippen LogP contribution in [-0.4, -0.2) is 23.5 Å². The van der Waals surface area contributed by atoms with E-state index in [1.165, 1.54) is 29.2 Å². The van der Waals surface area contributed by atoms with Crippen LogP contribution in [0.5, 0.6) is 5.06 Å². The summed E-state index contributed by atoms with van der Waals surface area (Å²) in [5, 5.41) is -1.14. The van der Waals surface area contributed by atoms with E-state index < -0.39 is 29.5 Å². The van der Waals surface area contributed by atoms with E-state index in [9.17, 15) is 22.4 Å². The summed E-state index contributed by atoms with van der Waals surface area (Å²) in [6.45, 7) is 3.07. The van der Waals surface area contributed by atoms with Gasteiger partial charge in [0, 0.05) is 11.7 Å². The number of rotatable bonds is 5. The van der Waals surface area contributed by atoms with Crippen LogP contribution in [0.25, 0.3) is 0 Å². The van der Waals surface area contributed by atoms with Crippen LogP contribution in [0, 0.1) is 5.82 Å². The van der Waals surface area contributed by atoms with Gasteiger partial charge in [0.15, 0.2) is 11.7 Å². The number of hydrogen-bond acceptors (Lipinski definition) is 4. The van der Waals surface area contributed by atoms with Crippen molar-refractivity contribution < 1.29 is 27.1 Å². The number of anilines is 1. The molecule has 0 spiro atoms. The third-order valence-corrected chi connectivity index (χ3v) is 3.91. The van der Waals surface area contributed by atoms with E-state index in [1.807, 2.05) is 0 Å². The summed E-state index contributed by atoms with van der Waals surface area (Å²) in [6, 6.07) is 5.09. The molecule has 9 heteroatoms. The zero-order chi connectivity index (χ0) is 17.9. The number of aromatic nitrogens is 1. The molecule has 1 amide bonds. The first kappa shape index (κ1) is 18.2. The van der Waals surface area contributed by atoms with Crippen molar-refractivity contribution in [1.82, 2.24) is 4.98 Å². The molecule has 130 valence electrons. The van der Waals surface area contributed by atoms with Gasteiger partial charge in [-0.1, -0.05) is 11.3 Å². The lowest BCUT2D eigenvalue weighted by Crippen LogP contribution is -2.40. The monoisotopic (exact) mass is 362 g/mol. The number of alkyl halides is 3. The van der Waals surface area contributed by atoms with Gasteiger partial charge < -0.3 is 9.64 Å². The third kappa shape index (κ3) is 4.44. The molecule has 2 rings (SSSR count). The van der Waals surface area contributed by atoms with E-state index in [0.29, 0.717) is 17.0 Å². The number of halogens is 4. The first-order valence-corrected chi connectivity index (χ1v) is 7.73. The van der Waals surface area contributed by atoms with Crippen molar-refractivity contribution in [1.29, 1.82) is 0 Å². The van der Waals surface area contributed by atoms with Crippen molar-refractivity contribution in [3.63, 3.8) is 0 Å². The Morgan fingerprint density at radius 1 is 1.29 bits per heavy atom. The molecule has 4 nitrogen and oxygen atoms in total. The smallest absolute Gasteiger partial charge is 0.443 e. The number of hydrogen-bond donors (Lipinski definition) is 0. The number of carbonyl (C=O) groups excluding carboxylic acids is 1. The molecule has 0 bridgehead atoms. The molecule has 0 radical (unpaired) electrons. The molecule has 1 aromatic carbocycles. The summed E-state index contributed by atoms with van der Waals surface area (Å²) >= 11 is 0.321. The average Bonchev–Trinajstić information content (AvgIpc) is 2.96. The predicted molar refractivity (Wildman–Crippen MR) is 81.6 cm³/mol. The van der Waals surface area contributed by atoms with Crippen LogP contribution in [0.15, 0.2) is 30.5 Å². The maximum atomic E-state index is 13.0. The maximum Gasteiger partial charge on any atom is 0.443 e. The molecule has 0 saturated heterocycles. The highest BCUT2D eigenvalue weighted by atomic mass is 32.1. The topological polar surface area (TPSA) is 42.4 Å². The zero-order valence-electron chi connectivity index (χ0n) is 12.8. The Kier molecular flexibility index (Phi) is 5.43. The second-order valence-electron chi connectivity index (χ2n) is 5.10. The van der Waals surface area contributed by atoms with Gasteiger partial charge in [-0.15, -0.1) is 0 Å². The molecule has 0 unspecified atom stereocenters. The molecule has 24 heavy (non-hydrogen) atoms. The zero-order valence-corrected chi connectivity index (χ0v) is 13.6. The second kappa shape index (κ2) is 7.16. The van der Waals surface area contributed by atoms with Crippen molar-refractivity contribution in [3.05, 3.63) is 41.3 Å². The number of ether oxygens (including phenoxy) is 1. The van der Waals surface area contributed by atoms with E-state index in [4.69, 9.17) is 4.74 Å². The first-order valence-electron chi connectivity index (χ1n) is 6.92. The second-order valence-corrected chi connectivity index (χ2v) is 6.10. The van der Waals surface area contributed by atoms with Crippen LogP contribution in [-0.2, 0) is 11.0 Å². The number of nitrogens with zero attached hydrogens (tertiary/aromatic N) is 2. The summed E-state index contributed by atoms with van der Waals surface area (Å²) < 4.78 is 55.5. The van der Waals surface area contributed by atoms with E-state index in [1.54, 1.807) is 13.8 Å². The highest BCUT2D eigenvalue weighted by molar-refractivity contribution is 7.13. The molecule has 0 aliphatic heterocycles. The Balaban J connectivity index is 2.06. The normalized spacial score (nSPS) is 11.6. The third-order valence-electron chi connectivity index (χ3n) is 2.95. The van der Waals surface area contributed by atoms with Crippen molar-refractivity contribution in [2.75, 3.05) is 11.5 Å². The summed E-state index contributed by atoms with van der Waals surface area (Å²) in [7, 11) is 0. The molecule has 0 saturated carbocycles. The Labute approximate surface area is 139 Å². The molecule has 1 aromatic heterocycles. The average molecular weight is 362 g/mol. The number of amides is 1. The number of carbonyl (C=O) groups is 1. The van der Waals surface area contributed by atoms with Crippen molar-refractivity contribution >= 4 is 22.9 Å². The van der Waals surface area contributed by atoms with Crippen molar-refractivity contribution in [3.8, 4) is 5.06 Å². The Morgan fingerprint density at radius 3 is 2.42 bits per heavy atom. The molecular formula is C15H14F4N2O2S. The van der Waals surface area contributed by atoms with Gasteiger partial charge in [-0.25, -0.2) is 9.37 Å². The summed E-state index contributed by atoms with van der Waals surface area (Å²) in [5.41, 5.74) is 0.472. The van der Waals surface area contributed by atoms with Crippen LogP contribution < -0.4 is 9.64 Å². The van der Waals surface area contributed by atoms with Crippen LogP contribution in [0.3, 0.4) is 0 Å². The summed E-state index contributed by atoms with van der Waals surface area (Å²) in [4.78, 5) is 16.9. The highest BCUT2D eigenvalue weighted by Gasteiger charge is 2.35. The first-order chi connectivity index (χ1) is 11.2. The van der Waals surface area contributed by atoms with Crippen LogP contribution in [0.1, 0.15) is 18.9 Å². The van der Waals surface area contributed by atoms with Crippen molar-refractivity contribution in [2.24, 2.45) is 0 Å². The largest absolute Gasteiger partial charge is 0.473 e. The summed E-state index contributed by atoms with van der Waals surface area (Å²) in [5.74, 6) is -0.894. The van der Waals surface area contributed by atoms with Gasteiger partial charge >= 0.3 is 6.18 Å². The van der Waals surface area contributed by atoms with E-state index in [-0.39, 0.29) is 11.1 Å². The van der Waals surface area contributed by atoms with Gasteiger partial charge in [-0.3, -0.25) is 4.79 Å². The molecule has 0 aliphatic rings. The Morgan fingerprint density at radius 2 is 1.92 bits per heavy atom. The predicted octanol–water partition coefficient (Wildman–Crippen LogP) is 4.12. The quantitative estimate of drug-likeness (QED) is 0.752. The summed E-state index contributed by atoms with van der Waals surface area (Å²) in [6.07, 6.45) is -3.62. The van der Waals surface area contributed by atoms with Crippen LogP contribution >= 0.6 is 11.3 Å². The minimum absolute atomic E-state index is 0.0986. The standard InChI is InChI=1S/C15H14F4N2O2S/c1-9(2)21(11-5-3-10(16)4-6-11)12(22)8-23-13-7-20-14(24-13)15(17,18)19/h3-7,9H,8H2,1-2H3. The fourth-order valence-corrected chi connectivity index (χ4v) is 2.63. The maximum absolute atomic E-state index is 13.0. The number of benzene rings is 1. The Hall–Kier alpha value is -2.16. The molecule has 0 fully saturated rings. The van der Waals surface area contributed by atoms with Gasteiger partial charge in [0.25, 0.3) is 5.91 Å².